The van der Waals surface area contributed by atoms with E-state index in [0.29, 0.717) is 28.0 Å². The molecule has 0 atom stereocenters. The molecule has 0 N–H and O–H groups in total. The Morgan fingerprint density at radius 3 is 2.47 bits per heavy atom. The van der Waals surface area contributed by atoms with Gasteiger partial charge in [0.05, 0.1) is 6.61 Å². The Bertz CT molecular complexity index is 1250. The number of benzene rings is 3. The van der Waals surface area contributed by atoms with Gasteiger partial charge in [0.2, 0.25) is 5.89 Å². The summed E-state index contributed by atoms with van der Waals surface area (Å²) in [4.78, 5) is 7.22. The predicted octanol–water partition coefficient (Wildman–Crippen LogP) is 7.50. The second-order valence-electron chi connectivity index (χ2n) is 8.79. The van der Waals surface area contributed by atoms with E-state index in [0.717, 1.165) is 42.0 Å². The summed E-state index contributed by atoms with van der Waals surface area (Å²) in [5, 5.41) is 0.673. The summed E-state index contributed by atoms with van der Waals surface area (Å²) in [6, 6.07) is 19.0. The van der Waals surface area contributed by atoms with Gasteiger partial charge >= 0.3 is 0 Å². The number of halogens is 1. The van der Waals surface area contributed by atoms with Crippen LogP contribution in [0.3, 0.4) is 0 Å². The summed E-state index contributed by atoms with van der Waals surface area (Å²) in [6.07, 6.45) is 5.07. The standard InChI is InChI=1S/C28H29ClN2O3/c1-20-18-23(32-17-5-16-31-14-3-2-4-15-31)10-12-25(20)28-30-26-13-11-24(19-27(26)34-28)33-22-8-6-21(29)7-9-22/h6-13,18-19H,2-5,14-17H2,1H3. The normalized spacial score (nSPS) is 14.4. The third-order valence-corrected chi connectivity index (χ3v) is 6.43. The topological polar surface area (TPSA) is 47.7 Å². The van der Waals surface area contributed by atoms with Crippen molar-refractivity contribution >= 4 is 22.7 Å². The van der Waals surface area contributed by atoms with Crippen molar-refractivity contribution in [2.75, 3.05) is 26.2 Å². The number of nitrogens with zero attached hydrogens (tertiary/aromatic N) is 2. The SMILES string of the molecule is Cc1cc(OCCCN2CCCCC2)ccc1-c1nc2ccc(Oc3ccc(Cl)cc3)cc2o1. The van der Waals surface area contributed by atoms with Crippen molar-refractivity contribution in [2.24, 2.45) is 0 Å². The molecule has 1 fully saturated rings. The van der Waals surface area contributed by atoms with Crippen LogP contribution in [0.2, 0.25) is 5.02 Å². The van der Waals surface area contributed by atoms with Crippen LogP contribution in [0.4, 0.5) is 0 Å². The smallest absolute Gasteiger partial charge is 0.227 e. The van der Waals surface area contributed by atoms with Crippen LogP contribution in [-0.2, 0) is 0 Å². The van der Waals surface area contributed by atoms with E-state index >= 15 is 0 Å². The predicted molar refractivity (Wildman–Crippen MR) is 136 cm³/mol. The Kier molecular flexibility index (Phi) is 7.02. The molecule has 5 nitrogen and oxygen atoms in total. The van der Waals surface area contributed by atoms with Crippen molar-refractivity contribution in [3.05, 3.63) is 71.2 Å². The highest BCUT2D eigenvalue weighted by Gasteiger charge is 2.13. The first-order valence-corrected chi connectivity index (χ1v) is 12.3. The lowest BCUT2D eigenvalue weighted by molar-refractivity contribution is 0.205. The lowest BCUT2D eigenvalue weighted by Gasteiger charge is -2.26. The minimum Gasteiger partial charge on any atom is -0.494 e. The van der Waals surface area contributed by atoms with Crippen molar-refractivity contribution in [3.63, 3.8) is 0 Å². The van der Waals surface area contributed by atoms with E-state index in [1.807, 2.05) is 42.5 Å². The van der Waals surface area contributed by atoms with Crippen LogP contribution in [0.1, 0.15) is 31.2 Å². The van der Waals surface area contributed by atoms with Gasteiger partial charge in [-0.05, 0) is 99.4 Å². The molecule has 1 aliphatic heterocycles. The van der Waals surface area contributed by atoms with Crippen LogP contribution in [0.25, 0.3) is 22.6 Å². The summed E-state index contributed by atoms with van der Waals surface area (Å²) >= 11 is 5.95. The van der Waals surface area contributed by atoms with Gasteiger partial charge in [0.1, 0.15) is 22.8 Å². The number of hydrogen-bond donors (Lipinski definition) is 0. The lowest BCUT2D eigenvalue weighted by Crippen LogP contribution is -2.31. The number of aromatic nitrogens is 1. The first kappa shape index (κ1) is 22.8. The average molecular weight is 477 g/mol. The molecule has 1 aliphatic rings. The van der Waals surface area contributed by atoms with Gasteiger partial charge in [-0.25, -0.2) is 4.98 Å². The molecule has 1 aromatic heterocycles. The minimum atomic E-state index is 0.591. The van der Waals surface area contributed by atoms with Gasteiger partial charge in [-0.2, -0.15) is 0 Å². The third-order valence-electron chi connectivity index (χ3n) is 6.17. The molecule has 176 valence electrons. The third kappa shape index (κ3) is 5.54. The van der Waals surface area contributed by atoms with Crippen molar-refractivity contribution in [3.8, 4) is 28.7 Å². The summed E-state index contributed by atoms with van der Waals surface area (Å²) in [5.41, 5.74) is 3.49. The van der Waals surface area contributed by atoms with Gasteiger partial charge < -0.3 is 18.8 Å². The number of hydrogen-bond acceptors (Lipinski definition) is 5. The molecule has 0 bridgehead atoms. The first-order valence-electron chi connectivity index (χ1n) is 11.9. The number of rotatable bonds is 8. The molecule has 2 heterocycles. The molecule has 0 radical (unpaired) electrons. The monoisotopic (exact) mass is 476 g/mol. The molecule has 0 amide bonds. The van der Waals surface area contributed by atoms with Gasteiger partial charge in [0, 0.05) is 23.2 Å². The highest BCUT2D eigenvalue weighted by atomic mass is 35.5. The molecule has 0 spiro atoms. The Balaban J connectivity index is 1.23. The fourth-order valence-corrected chi connectivity index (χ4v) is 4.48. The van der Waals surface area contributed by atoms with E-state index in [-0.39, 0.29) is 0 Å². The molecule has 34 heavy (non-hydrogen) atoms. The van der Waals surface area contributed by atoms with Crippen LogP contribution in [0.15, 0.2) is 65.1 Å². The number of piperidine rings is 1. The van der Waals surface area contributed by atoms with Crippen molar-refractivity contribution in [1.29, 1.82) is 0 Å². The zero-order valence-corrected chi connectivity index (χ0v) is 20.2. The maximum atomic E-state index is 6.08. The fraction of sp³-hybridized carbons (Fsp3) is 0.321. The first-order chi connectivity index (χ1) is 16.6. The molecule has 0 saturated carbocycles. The van der Waals surface area contributed by atoms with Crippen molar-refractivity contribution in [2.45, 2.75) is 32.6 Å². The van der Waals surface area contributed by atoms with Gasteiger partial charge in [0.25, 0.3) is 0 Å². The molecule has 4 aromatic rings. The molecular formula is C28H29ClN2O3. The van der Waals surface area contributed by atoms with Crippen LogP contribution in [0.5, 0.6) is 17.2 Å². The van der Waals surface area contributed by atoms with Crippen LogP contribution in [-0.4, -0.2) is 36.1 Å². The van der Waals surface area contributed by atoms with E-state index in [4.69, 9.17) is 25.5 Å². The number of oxazole rings is 1. The summed E-state index contributed by atoms with van der Waals surface area (Å²) in [5.74, 6) is 2.87. The molecule has 5 rings (SSSR count). The van der Waals surface area contributed by atoms with Gasteiger partial charge in [-0.1, -0.05) is 18.0 Å². The maximum Gasteiger partial charge on any atom is 0.227 e. The zero-order chi connectivity index (χ0) is 23.3. The van der Waals surface area contributed by atoms with Crippen LogP contribution in [0, 0.1) is 6.92 Å². The average Bonchev–Trinajstić information content (AvgIpc) is 3.27. The van der Waals surface area contributed by atoms with Crippen LogP contribution >= 0.6 is 11.6 Å². The molecule has 0 unspecified atom stereocenters. The van der Waals surface area contributed by atoms with Crippen molar-refractivity contribution in [1.82, 2.24) is 9.88 Å². The summed E-state index contributed by atoms with van der Waals surface area (Å²) < 4.78 is 18.0. The number of ether oxygens (including phenoxy) is 2. The minimum absolute atomic E-state index is 0.591. The number of aryl methyl sites for hydroxylation is 1. The molecular weight excluding hydrogens is 448 g/mol. The number of fused-ring (bicyclic) bond motifs is 1. The Morgan fingerprint density at radius 2 is 1.68 bits per heavy atom. The van der Waals surface area contributed by atoms with Crippen molar-refractivity contribution < 1.29 is 13.9 Å². The van der Waals surface area contributed by atoms with Gasteiger partial charge in [0.15, 0.2) is 5.58 Å². The fourth-order valence-electron chi connectivity index (χ4n) is 4.35. The second kappa shape index (κ2) is 10.5. The summed E-state index contributed by atoms with van der Waals surface area (Å²) in [7, 11) is 0. The largest absolute Gasteiger partial charge is 0.494 e. The molecule has 1 saturated heterocycles. The summed E-state index contributed by atoms with van der Waals surface area (Å²) in [6.45, 7) is 6.36. The Morgan fingerprint density at radius 1 is 0.912 bits per heavy atom. The highest BCUT2D eigenvalue weighted by molar-refractivity contribution is 6.30. The number of likely N-dealkylation sites (tertiary alicyclic amines) is 1. The Hall–Kier alpha value is -3.02. The molecule has 6 heteroatoms. The van der Waals surface area contributed by atoms with E-state index in [1.54, 1.807) is 12.1 Å². The van der Waals surface area contributed by atoms with E-state index < -0.39 is 0 Å². The van der Waals surface area contributed by atoms with Crippen LogP contribution < -0.4 is 9.47 Å². The highest BCUT2D eigenvalue weighted by Crippen LogP contribution is 2.32. The van der Waals surface area contributed by atoms with Gasteiger partial charge in [-0.3, -0.25) is 0 Å². The molecule has 0 aliphatic carbocycles. The van der Waals surface area contributed by atoms with E-state index in [2.05, 4.69) is 22.9 Å². The van der Waals surface area contributed by atoms with E-state index in [9.17, 15) is 0 Å². The maximum absolute atomic E-state index is 6.08. The lowest BCUT2D eigenvalue weighted by atomic mass is 10.1. The second-order valence-corrected chi connectivity index (χ2v) is 9.22. The molecule has 3 aromatic carbocycles. The zero-order valence-electron chi connectivity index (χ0n) is 19.4. The quantitative estimate of drug-likeness (QED) is 0.246. The van der Waals surface area contributed by atoms with Gasteiger partial charge in [-0.15, -0.1) is 0 Å². The van der Waals surface area contributed by atoms with E-state index in [1.165, 1.54) is 32.4 Å². The Labute approximate surface area is 205 Å².